The summed E-state index contributed by atoms with van der Waals surface area (Å²) in [4.78, 5) is 52.1. The highest BCUT2D eigenvalue weighted by Crippen LogP contribution is 2.28. The number of nitrogens with one attached hydrogen (secondary N) is 2. The number of hydrogen-bond donors (Lipinski definition) is 2. The van der Waals surface area contributed by atoms with Gasteiger partial charge in [0.05, 0.1) is 30.8 Å². The number of carbonyl (C=O) groups is 2. The van der Waals surface area contributed by atoms with Gasteiger partial charge in [-0.1, -0.05) is 12.1 Å². The molecule has 11 nitrogen and oxygen atoms in total. The van der Waals surface area contributed by atoms with Crippen LogP contribution < -0.4 is 21.1 Å². The molecule has 2 aliphatic rings. The van der Waals surface area contributed by atoms with Gasteiger partial charge in [0.25, 0.3) is 17.4 Å². The molecule has 2 fully saturated rings. The first-order valence-electron chi connectivity index (χ1n) is 15.3. The number of amides is 2. The number of nitrogens with zero attached hydrogens (tertiary/aromatic N) is 5. The molecular weight excluding hydrogens is 570 g/mol. The van der Waals surface area contributed by atoms with E-state index in [0.717, 1.165) is 29.9 Å². The molecule has 0 spiro atoms. The zero-order chi connectivity index (χ0) is 31.3. The van der Waals surface area contributed by atoms with E-state index in [1.165, 1.54) is 23.8 Å². The highest BCUT2D eigenvalue weighted by atomic mass is 16.5. The molecule has 0 saturated carbocycles. The average molecular weight is 608 g/mol. The van der Waals surface area contributed by atoms with E-state index in [9.17, 15) is 14.4 Å². The Bertz CT molecular complexity index is 1740. The summed E-state index contributed by atoms with van der Waals surface area (Å²) in [6.07, 6.45) is 7.03. The zero-order valence-electron chi connectivity index (χ0n) is 25.6. The molecule has 6 rings (SSSR count). The first-order valence-corrected chi connectivity index (χ1v) is 15.3. The van der Waals surface area contributed by atoms with Gasteiger partial charge >= 0.3 is 0 Å². The average Bonchev–Trinajstić information content (AvgIpc) is 3.08. The van der Waals surface area contributed by atoms with Gasteiger partial charge in [0, 0.05) is 61.9 Å². The van der Waals surface area contributed by atoms with Gasteiger partial charge in [-0.05, 0) is 74.2 Å². The molecular formula is C34H37N7O4. The molecule has 2 aliphatic heterocycles. The van der Waals surface area contributed by atoms with Crippen molar-refractivity contribution in [3.8, 4) is 11.3 Å². The second kappa shape index (κ2) is 13.3. The van der Waals surface area contributed by atoms with Crippen LogP contribution in [0.5, 0.6) is 0 Å². The summed E-state index contributed by atoms with van der Waals surface area (Å²) >= 11 is 0. The Hall–Kier alpha value is -5.03. The van der Waals surface area contributed by atoms with Crippen LogP contribution in [0.2, 0.25) is 0 Å². The lowest BCUT2D eigenvalue weighted by molar-refractivity contribution is 0.0303. The number of carbonyl (C=O) groups excluding carboxylic acids is 2. The van der Waals surface area contributed by atoms with Gasteiger partial charge in [0.1, 0.15) is 5.69 Å². The number of piperidine rings is 1. The van der Waals surface area contributed by atoms with E-state index in [2.05, 4.69) is 25.5 Å². The first kappa shape index (κ1) is 30.0. The molecule has 2 aromatic heterocycles. The SMILES string of the molecule is Cc1c(NC(=O)c2ccc(N3CCCCC3)cn2)cccc1-c1cn(C)c(=O)c(Nc2ccc(C(=O)N3CCOCC3)cc2)n1. The first-order chi connectivity index (χ1) is 21.9. The van der Waals surface area contributed by atoms with E-state index in [4.69, 9.17) is 4.74 Å². The predicted molar refractivity (Wildman–Crippen MR) is 174 cm³/mol. The maximum absolute atomic E-state index is 13.1. The maximum atomic E-state index is 13.1. The lowest BCUT2D eigenvalue weighted by Crippen LogP contribution is -2.40. The smallest absolute Gasteiger partial charge is 0.293 e. The van der Waals surface area contributed by atoms with Crippen LogP contribution in [-0.4, -0.2) is 70.6 Å². The predicted octanol–water partition coefficient (Wildman–Crippen LogP) is 4.61. The van der Waals surface area contributed by atoms with E-state index in [-0.39, 0.29) is 23.2 Å². The van der Waals surface area contributed by atoms with Gasteiger partial charge in [-0.15, -0.1) is 0 Å². The Balaban J connectivity index is 1.18. The Morgan fingerprint density at radius 2 is 1.67 bits per heavy atom. The summed E-state index contributed by atoms with van der Waals surface area (Å²) in [5, 5.41) is 6.10. The van der Waals surface area contributed by atoms with E-state index in [1.807, 2.05) is 31.2 Å². The van der Waals surface area contributed by atoms with Gasteiger partial charge in [0.15, 0.2) is 5.82 Å². The van der Waals surface area contributed by atoms with Crippen molar-refractivity contribution in [2.75, 3.05) is 54.9 Å². The number of anilines is 4. The van der Waals surface area contributed by atoms with Crippen LogP contribution in [0.4, 0.5) is 22.9 Å². The number of aryl methyl sites for hydroxylation is 1. The van der Waals surface area contributed by atoms with Crippen molar-refractivity contribution in [1.82, 2.24) is 19.4 Å². The highest BCUT2D eigenvalue weighted by Gasteiger charge is 2.19. The standard InChI is InChI=1S/C34H37N7O4/c1-23-27(7-6-8-28(23)38-32(42)29-14-13-26(21-35-29)40-15-4-3-5-16-40)30-22-39(2)34(44)31(37-30)36-25-11-9-24(10-12-25)33(43)41-17-19-45-20-18-41/h6-14,21-22H,3-5,15-20H2,1-2H3,(H,36,37)(H,38,42). The van der Waals surface area contributed by atoms with Gasteiger partial charge in [-0.25, -0.2) is 9.97 Å². The fraction of sp³-hybridized carbons (Fsp3) is 0.324. The van der Waals surface area contributed by atoms with E-state index >= 15 is 0 Å². The summed E-state index contributed by atoms with van der Waals surface area (Å²) < 4.78 is 6.81. The van der Waals surface area contributed by atoms with Crippen LogP contribution in [-0.2, 0) is 11.8 Å². The molecule has 45 heavy (non-hydrogen) atoms. The largest absolute Gasteiger partial charge is 0.378 e. The second-order valence-corrected chi connectivity index (χ2v) is 11.4. The Morgan fingerprint density at radius 3 is 2.38 bits per heavy atom. The quantitative estimate of drug-likeness (QED) is 0.313. The minimum Gasteiger partial charge on any atom is -0.378 e. The van der Waals surface area contributed by atoms with Crippen molar-refractivity contribution in [3.05, 3.63) is 94.2 Å². The van der Waals surface area contributed by atoms with E-state index in [1.54, 1.807) is 54.7 Å². The number of benzene rings is 2. The number of aromatic nitrogens is 3. The zero-order valence-corrected chi connectivity index (χ0v) is 25.6. The van der Waals surface area contributed by atoms with Gasteiger partial charge < -0.3 is 29.7 Å². The third kappa shape index (κ3) is 6.73. The molecule has 2 amide bonds. The van der Waals surface area contributed by atoms with Crippen LogP contribution in [0.25, 0.3) is 11.3 Å². The van der Waals surface area contributed by atoms with Gasteiger partial charge in [0.2, 0.25) is 0 Å². The molecule has 2 aromatic carbocycles. The fourth-order valence-electron chi connectivity index (χ4n) is 5.69. The molecule has 4 heterocycles. The van der Waals surface area contributed by atoms with Crippen LogP contribution in [0, 0.1) is 6.92 Å². The van der Waals surface area contributed by atoms with E-state index < -0.39 is 0 Å². The molecule has 0 unspecified atom stereocenters. The lowest BCUT2D eigenvalue weighted by Gasteiger charge is -2.28. The second-order valence-electron chi connectivity index (χ2n) is 11.4. The van der Waals surface area contributed by atoms with Crippen molar-refractivity contribution in [1.29, 1.82) is 0 Å². The molecule has 2 N–H and O–H groups in total. The van der Waals surface area contributed by atoms with Crippen LogP contribution >= 0.6 is 0 Å². The van der Waals surface area contributed by atoms with Gasteiger partial charge in [-0.3, -0.25) is 14.4 Å². The molecule has 2 saturated heterocycles. The monoisotopic (exact) mass is 607 g/mol. The molecule has 0 atom stereocenters. The highest BCUT2D eigenvalue weighted by molar-refractivity contribution is 6.03. The summed E-state index contributed by atoms with van der Waals surface area (Å²) in [5.74, 6) is -0.200. The lowest BCUT2D eigenvalue weighted by atomic mass is 10.0. The van der Waals surface area contributed by atoms with Gasteiger partial charge in [-0.2, -0.15) is 0 Å². The van der Waals surface area contributed by atoms with Crippen molar-refractivity contribution < 1.29 is 14.3 Å². The van der Waals surface area contributed by atoms with Crippen molar-refractivity contribution >= 4 is 34.7 Å². The van der Waals surface area contributed by atoms with Crippen LogP contribution in [0.1, 0.15) is 45.7 Å². The maximum Gasteiger partial charge on any atom is 0.293 e. The molecule has 0 bridgehead atoms. The number of pyridine rings is 1. The minimum absolute atomic E-state index is 0.0476. The fourth-order valence-corrected chi connectivity index (χ4v) is 5.69. The van der Waals surface area contributed by atoms with Crippen molar-refractivity contribution in [2.24, 2.45) is 7.05 Å². The van der Waals surface area contributed by atoms with Crippen molar-refractivity contribution in [2.45, 2.75) is 26.2 Å². The van der Waals surface area contributed by atoms with Crippen molar-refractivity contribution in [3.63, 3.8) is 0 Å². The number of hydrogen-bond acceptors (Lipinski definition) is 8. The Labute approximate surface area is 261 Å². The number of ether oxygens (including phenoxy) is 1. The molecule has 0 aliphatic carbocycles. The summed E-state index contributed by atoms with van der Waals surface area (Å²) in [5.41, 5.74) is 5.04. The van der Waals surface area contributed by atoms with Crippen LogP contribution in [0.15, 0.2) is 71.8 Å². The molecule has 11 heteroatoms. The molecule has 0 radical (unpaired) electrons. The third-order valence-corrected chi connectivity index (χ3v) is 8.32. The minimum atomic E-state index is -0.299. The van der Waals surface area contributed by atoms with E-state index in [0.29, 0.717) is 54.6 Å². The normalized spacial score (nSPS) is 15.1. The summed E-state index contributed by atoms with van der Waals surface area (Å²) in [6.45, 7) is 6.14. The molecule has 232 valence electrons. The number of rotatable bonds is 7. The number of morpholine rings is 1. The van der Waals surface area contributed by atoms with Crippen LogP contribution in [0.3, 0.4) is 0 Å². The third-order valence-electron chi connectivity index (χ3n) is 8.32. The Morgan fingerprint density at radius 1 is 0.911 bits per heavy atom. The molecule has 4 aromatic rings. The Kier molecular flexibility index (Phi) is 8.88. The summed E-state index contributed by atoms with van der Waals surface area (Å²) in [7, 11) is 1.67. The topological polar surface area (TPSA) is 122 Å². The summed E-state index contributed by atoms with van der Waals surface area (Å²) in [6, 6.07) is 16.3.